The number of benzene rings is 1. The van der Waals surface area contributed by atoms with Gasteiger partial charge in [0.1, 0.15) is 5.82 Å². The van der Waals surface area contributed by atoms with Gasteiger partial charge in [-0.2, -0.15) is 13.2 Å². The normalized spacial score (nSPS) is 20.1. The van der Waals surface area contributed by atoms with Crippen LogP contribution in [0.2, 0.25) is 0 Å². The molecule has 0 bridgehead atoms. The number of nitrogens with zero attached hydrogens (tertiary/aromatic N) is 5. The number of carbonyl (C=O) groups is 1. The summed E-state index contributed by atoms with van der Waals surface area (Å²) in [6, 6.07) is 4.16. The van der Waals surface area contributed by atoms with E-state index in [1.807, 2.05) is 16.7 Å². The second-order valence-electron chi connectivity index (χ2n) is 11.0. The maximum atomic E-state index is 15.8. The van der Waals surface area contributed by atoms with Crippen molar-refractivity contribution in [2.45, 2.75) is 57.9 Å². The highest BCUT2D eigenvalue weighted by Crippen LogP contribution is 2.39. The van der Waals surface area contributed by atoms with Gasteiger partial charge in [0.2, 0.25) is 0 Å². The van der Waals surface area contributed by atoms with Crippen LogP contribution in [0.15, 0.2) is 30.5 Å². The van der Waals surface area contributed by atoms with E-state index in [-0.39, 0.29) is 40.7 Å². The van der Waals surface area contributed by atoms with Gasteiger partial charge in [-0.05, 0) is 63.9 Å². The molecule has 2 atom stereocenters. The number of hydrogen-bond acceptors (Lipinski definition) is 9. The number of aromatic nitrogens is 2. The fraction of sp³-hybridized carbons (Fsp3) is 0.483. The highest BCUT2D eigenvalue weighted by atomic mass is 32.1. The van der Waals surface area contributed by atoms with E-state index in [9.17, 15) is 27.5 Å². The van der Waals surface area contributed by atoms with Crippen LogP contribution < -0.4 is 15.3 Å². The van der Waals surface area contributed by atoms with Gasteiger partial charge < -0.3 is 20.1 Å². The first-order chi connectivity index (χ1) is 20.4. The average Bonchev–Trinajstić information content (AvgIpc) is 3.53. The lowest BCUT2D eigenvalue weighted by Gasteiger charge is -2.41. The summed E-state index contributed by atoms with van der Waals surface area (Å²) in [4.78, 5) is 26.2. The summed E-state index contributed by atoms with van der Waals surface area (Å²) in [5, 5.41) is 14.0. The van der Waals surface area contributed by atoms with Gasteiger partial charge in [0.15, 0.2) is 16.8 Å². The van der Waals surface area contributed by atoms with Gasteiger partial charge in [0, 0.05) is 67.4 Å². The maximum Gasteiger partial charge on any atom is 0.416 e. The Morgan fingerprint density at radius 3 is 2.58 bits per heavy atom. The molecule has 1 N–H and O–H groups in total. The minimum Gasteiger partial charge on any atom is -0.550 e. The van der Waals surface area contributed by atoms with E-state index in [1.165, 1.54) is 17.5 Å². The van der Waals surface area contributed by atoms with Crippen LogP contribution in [0.25, 0.3) is 11.3 Å². The number of hydrogen-bond donors (Lipinski definition) is 1. The second-order valence-corrected chi connectivity index (χ2v) is 12.1. The molecule has 2 saturated heterocycles. The number of thiazole rings is 1. The molecule has 3 aromatic rings. The van der Waals surface area contributed by atoms with Crippen molar-refractivity contribution in [3.05, 3.63) is 52.5 Å². The van der Waals surface area contributed by atoms with Crippen molar-refractivity contribution in [1.29, 1.82) is 0 Å². The monoisotopic (exact) mass is 623 g/mol. The first-order valence-corrected chi connectivity index (χ1v) is 14.9. The molecule has 0 saturated carbocycles. The molecule has 0 aliphatic carbocycles. The number of nitrogens with one attached hydrogen (secondary N) is 1. The number of alkyl halides is 3. The SMILES string of the molecule is C[C@@H]1CCCN1Cc1sc(Nc2nccc(N3CCN(CCC(=O)[O-])[C@@H](C)C3)c2F)nc1-c1cc(F)cc(C(F)(F)F)c1. The molecule has 43 heavy (non-hydrogen) atoms. The Hall–Kier alpha value is -3.36. The van der Waals surface area contributed by atoms with Crippen LogP contribution in [-0.4, -0.2) is 70.5 Å². The molecule has 1 aromatic carbocycles. The maximum absolute atomic E-state index is 15.8. The van der Waals surface area contributed by atoms with Crippen molar-refractivity contribution in [1.82, 2.24) is 19.8 Å². The quantitative estimate of drug-likeness (QED) is 0.338. The van der Waals surface area contributed by atoms with Crippen LogP contribution in [0.4, 0.5) is 38.6 Å². The lowest BCUT2D eigenvalue weighted by atomic mass is 10.1. The van der Waals surface area contributed by atoms with Gasteiger partial charge in [0.05, 0.1) is 16.9 Å². The third-order valence-corrected chi connectivity index (χ3v) is 8.99. The number of anilines is 3. The van der Waals surface area contributed by atoms with Crippen LogP contribution in [0.1, 0.15) is 43.6 Å². The number of halogens is 5. The number of likely N-dealkylation sites (tertiary alicyclic amines) is 1. The number of piperazine rings is 1. The molecular formula is C29H32F5N6O2S-. The number of pyridine rings is 1. The molecule has 2 aliphatic heterocycles. The van der Waals surface area contributed by atoms with Crippen molar-refractivity contribution in [3.8, 4) is 11.3 Å². The Morgan fingerprint density at radius 1 is 1.12 bits per heavy atom. The van der Waals surface area contributed by atoms with E-state index in [2.05, 4.69) is 27.1 Å². The van der Waals surface area contributed by atoms with E-state index in [4.69, 9.17) is 0 Å². The zero-order chi connectivity index (χ0) is 30.9. The fourth-order valence-corrected chi connectivity index (χ4v) is 6.70. The number of carbonyl (C=O) groups excluding carboxylic acids is 1. The van der Waals surface area contributed by atoms with Gasteiger partial charge in [-0.25, -0.2) is 18.7 Å². The number of aliphatic carboxylic acids is 1. The van der Waals surface area contributed by atoms with Crippen molar-refractivity contribution in [3.63, 3.8) is 0 Å². The lowest BCUT2D eigenvalue weighted by Crippen LogP contribution is -2.52. The molecule has 0 amide bonds. The van der Waals surface area contributed by atoms with E-state index in [0.29, 0.717) is 49.4 Å². The summed E-state index contributed by atoms with van der Waals surface area (Å²) in [6.45, 7) is 7.07. The molecular weight excluding hydrogens is 591 g/mol. The van der Waals surface area contributed by atoms with Crippen LogP contribution >= 0.6 is 11.3 Å². The Bertz CT molecular complexity index is 1470. The zero-order valence-electron chi connectivity index (χ0n) is 23.8. The minimum atomic E-state index is -4.73. The van der Waals surface area contributed by atoms with Gasteiger partial charge in [0.25, 0.3) is 0 Å². The topological polar surface area (TPSA) is 87.7 Å². The molecule has 5 rings (SSSR count). The molecule has 2 aliphatic rings. The van der Waals surface area contributed by atoms with E-state index < -0.39 is 29.3 Å². The van der Waals surface area contributed by atoms with Crippen LogP contribution in [0.5, 0.6) is 0 Å². The summed E-state index contributed by atoms with van der Waals surface area (Å²) in [5.74, 6) is -2.86. The first-order valence-electron chi connectivity index (χ1n) is 14.1. The number of carboxylic acids is 1. The molecule has 4 heterocycles. The Labute approximate surface area is 250 Å². The summed E-state index contributed by atoms with van der Waals surface area (Å²) in [7, 11) is 0. The molecule has 0 spiro atoms. The number of rotatable bonds is 9. The minimum absolute atomic E-state index is 0.00815. The molecule has 2 fully saturated rings. The van der Waals surface area contributed by atoms with Gasteiger partial charge >= 0.3 is 6.18 Å². The van der Waals surface area contributed by atoms with Gasteiger partial charge in [-0.15, -0.1) is 0 Å². The Morgan fingerprint density at radius 2 is 1.91 bits per heavy atom. The summed E-state index contributed by atoms with van der Waals surface area (Å²) in [6.07, 6.45) is -1.38. The van der Waals surface area contributed by atoms with Crippen molar-refractivity contribution in [2.24, 2.45) is 0 Å². The molecule has 2 aromatic heterocycles. The molecule has 232 valence electrons. The van der Waals surface area contributed by atoms with Gasteiger partial charge in [-0.3, -0.25) is 9.80 Å². The Balaban J connectivity index is 1.42. The van der Waals surface area contributed by atoms with Crippen LogP contribution in [0.3, 0.4) is 0 Å². The number of carboxylic acid groups (broad SMARTS) is 1. The van der Waals surface area contributed by atoms with E-state index >= 15 is 4.39 Å². The highest BCUT2D eigenvalue weighted by Gasteiger charge is 2.33. The zero-order valence-corrected chi connectivity index (χ0v) is 24.6. The van der Waals surface area contributed by atoms with Crippen molar-refractivity contribution in [2.75, 3.05) is 42.9 Å². The van der Waals surface area contributed by atoms with Crippen molar-refractivity contribution < 1.29 is 31.9 Å². The molecule has 0 unspecified atom stereocenters. The summed E-state index contributed by atoms with van der Waals surface area (Å²) in [5.41, 5.74) is -0.604. The Kier molecular flexibility index (Phi) is 9.18. The van der Waals surface area contributed by atoms with Crippen LogP contribution in [0, 0.1) is 11.6 Å². The smallest absolute Gasteiger partial charge is 0.416 e. The molecule has 8 nitrogen and oxygen atoms in total. The summed E-state index contributed by atoms with van der Waals surface area (Å²) < 4.78 is 70.6. The largest absolute Gasteiger partial charge is 0.550 e. The van der Waals surface area contributed by atoms with Crippen molar-refractivity contribution >= 4 is 33.9 Å². The van der Waals surface area contributed by atoms with Crippen LogP contribution in [-0.2, 0) is 17.5 Å². The predicted octanol–water partition coefficient (Wildman–Crippen LogP) is 4.88. The average molecular weight is 624 g/mol. The van der Waals surface area contributed by atoms with E-state index in [0.717, 1.165) is 31.5 Å². The molecule has 0 radical (unpaired) electrons. The lowest BCUT2D eigenvalue weighted by molar-refractivity contribution is -0.306. The molecule has 14 heteroatoms. The third-order valence-electron chi connectivity index (χ3n) is 8.04. The highest BCUT2D eigenvalue weighted by molar-refractivity contribution is 7.16. The summed E-state index contributed by atoms with van der Waals surface area (Å²) >= 11 is 1.17. The van der Waals surface area contributed by atoms with E-state index in [1.54, 1.807) is 6.07 Å². The predicted molar refractivity (Wildman–Crippen MR) is 152 cm³/mol. The third kappa shape index (κ3) is 7.24. The first kappa shape index (κ1) is 31.1. The standard InChI is InChI=1S/C29H33F5N6O2S/c1-17-4-3-8-39(17)16-23-26(19-12-20(29(32,33)34)14-21(30)13-19)36-28(43-23)37-27-25(31)22(5-7-35-27)40-11-10-38(18(2)15-40)9-6-24(41)42/h5,7,12-14,17-18H,3-4,6,8-11,15-16H2,1-2H3,(H,41,42)(H,35,36,37)/p-1/t17-,18+/m1/s1. The fourth-order valence-electron chi connectivity index (χ4n) is 5.69. The van der Waals surface area contributed by atoms with Gasteiger partial charge in [-0.1, -0.05) is 11.3 Å². The second kappa shape index (κ2) is 12.7.